The highest BCUT2D eigenvalue weighted by Gasteiger charge is 2.38. The van der Waals surface area contributed by atoms with Crippen LogP contribution in [0.25, 0.3) is 11.5 Å². The number of ether oxygens (including phenoxy) is 1. The summed E-state index contributed by atoms with van der Waals surface area (Å²) >= 11 is 0. The first kappa shape index (κ1) is 27.4. The lowest BCUT2D eigenvalue weighted by Gasteiger charge is -2.32. The molecule has 3 aromatic rings. The standard InChI is InChI=1S/C26H33N3O6S/c1-17(2)24(26(30)31)29(36(32,33)28(5)6)15-20-8-7-9-22(14-20)34-16-23-19(4)35-25(27-23)21-12-10-18(3)11-13-21/h7-14,17,24H,15-16H2,1-6H3,(H,30,31). The van der Waals surface area contributed by atoms with Crippen LogP contribution in [-0.4, -0.2) is 53.2 Å². The molecule has 0 bridgehead atoms. The average molecular weight is 516 g/mol. The maximum Gasteiger partial charge on any atom is 0.322 e. The Morgan fingerprint density at radius 2 is 1.78 bits per heavy atom. The quantitative estimate of drug-likeness (QED) is 0.406. The normalized spacial score (nSPS) is 12.9. The van der Waals surface area contributed by atoms with Crippen molar-refractivity contribution in [3.63, 3.8) is 0 Å². The summed E-state index contributed by atoms with van der Waals surface area (Å²) in [6.07, 6.45) is 0. The summed E-state index contributed by atoms with van der Waals surface area (Å²) in [6.45, 7) is 7.24. The maximum atomic E-state index is 13.0. The van der Waals surface area contributed by atoms with Crippen LogP contribution in [0.15, 0.2) is 52.9 Å². The number of aryl methyl sites for hydroxylation is 2. The number of rotatable bonds is 11. The number of carboxylic acids is 1. The fraction of sp³-hybridized carbons (Fsp3) is 0.385. The average Bonchev–Trinajstić information content (AvgIpc) is 3.17. The maximum absolute atomic E-state index is 13.0. The molecule has 0 saturated carbocycles. The molecule has 1 heterocycles. The van der Waals surface area contributed by atoms with Crippen molar-refractivity contribution in [1.29, 1.82) is 0 Å². The number of benzene rings is 2. The third-order valence-corrected chi connectivity index (χ3v) is 7.63. The first-order valence-corrected chi connectivity index (χ1v) is 13.0. The van der Waals surface area contributed by atoms with Crippen LogP contribution < -0.4 is 4.74 Å². The molecule has 0 radical (unpaired) electrons. The molecule has 10 heteroatoms. The molecular weight excluding hydrogens is 482 g/mol. The van der Waals surface area contributed by atoms with Gasteiger partial charge in [0, 0.05) is 26.2 Å². The minimum atomic E-state index is -4.00. The molecule has 2 aromatic carbocycles. The SMILES string of the molecule is Cc1ccc(-c2nc(COc3cccc(CN(C(C(=O)O)C(C)C)S(=O)(=O)N(C)C)c3)c(C)o2)cc1. The summed E-state index contributed by atoms with van der Waals surface area (Å²) in [5.74, 6) is 0.0256. The zero-order valence-corrected chi connectivity index (χ0v) is 22.2. The minimum absolute atomic E-state index is 0.118. The van der Waals surface area contributed by atoms with Crippen LogP contribution in [0.4, 0.5) is 0 Å². The van der Waals surface area contributed by atoms with Crippen molar-refractivity contribution in [2.24, 2.45) is 5.92 Å². The van der Waals surface area contributed by atoms with E-state index < -0.39 is 28.1 Å². The van der Waals surface area contributed by atoms with Gasteiger partial charge in [-0.3, -0.25) is 4.79 Å². The summed E-state index contributed by atoms with van der Waals surface area (Å²) < 4.78 is 39.8. The predicted octanol–water partition coefficient (Wildman–Crippen LogP) is 4.26. The van der Waals surface area contributed by atoms with Crippen LogP contribution in [0.2, 0.25) is 0 Å². The van der Waals surface area contributed by atoms with E-state index in [-0.39, 0.29) is 13.2 Å². The number of aromatic nitrogens is 1. The summed E-state index contributed by atoms with van der Waals surface area (Å²) in [5.41, 5.74) is 3.27. The van der Waals surface area contributed by atoms with Gasteiger partial charge in [-0.15, -0.1) is 0 Å². The molecule has 0 fully saturated rings. The van der Waals surface area contributed by atoms with Gasteiger partial charge in [-0.25, -0.2) is 4.98 Å². The molecule has 0 aliphatic carbocycles. The van der Waals surface area contributed by atoms with Gasteiger partial charge in [-0.1, -0.05) is 43.7 Å². The fourth-order valence-electron chi connectivity index (χ4n) is 3.72. The molecule has 1 unspecified atom stereocenters. The predicted molar refractivity (Wildman–Crippen MR) is 137 cm³/mol. The fourth-order valence-corrected chi connectivity index (χ4v) is 5.07. The topological polar surface area (TPSA) is 113 Å². The van der Waals surface area contributed by atoms with Gasteiger partial charge in [-0.2, -0.15) is 17.0 Å². The van der Waals surface area contributed by atoms with Crippen LogP contribution >= 0.6 is 0 Å². The van der Waals surface area contributed by atoms with Gasteiger partial charge < -0.3 is 14.3 Å². The van der Waals surface area contributed by atoms with E-state index in [1.165, 1.54) is 14.1 Å². The Bertz CT molecular complexity index is 1300. The van der Waals surface area contributed by atoms with E-state index in [4.69, 9.17) is 9.15 Å². The number of aliphatic carboxylic acids is 1. The highest BCUT2D eigenvalue weighted by molar-refractivity contribution is 7.86. The van der Waals surface area contributed by atoms with Crippen molar-refractivity contribution in [3.05, 3.63) is 71.1 Å². The van der Waals surface area contributed by atoms with E-state index in [1.54, 1.807) is 38.1 Å². The third-order valence-electron chi connectivity index (χ3n) is 5.76. The lowest BCUT2D eigenvalue weighted by molar-refractivity contribution is -0.143. The molecule has 1 N–H and O–H groups in total. The molecule has 3 rings (SSSR count). The Morgan fingerprint density at radius 3 is 2.36 bits per heavy atom. The Balaban J connectivity index is 1.80. The molecule has 0 aliphatic heterocycles. The Labute approximate surface area is 212 Å². The summed E-state index contributed by atoms with van der Waals surface area (Å²) in [4.78, 5) is 16.5. The van der Waals surface area contributed by atoms with Gasteiger partial charge in [0.1, 0.15) is 29.9 Å². The molecular formula is C26H33N3O6S. The largest absolute Gasteiger partial charge is 0.487 e. The number of carbonyl (C=O) groups is 1. The first-order valence-electron chi connectivity index (χ1n) is 11.6. The smallest absolute Gasteiger partial charge is 0.322 e. The minimum Gasteiger partial charge on any atom is -0.487 e. The van der Waals surface area contributed by atoms with E-state index in [0.29, 0.717) is 28.7 Å². The highest BCUT2D eigenvalue weighted by atomic mass is 32.2. The molecule has 36 heavy (non-hydrogen) atoms. The zero-order valence-electron chi connectivity index (χ0n) is 21.4. The summed E-state index contributed by atoms with van der Waals surface area (Å²) in [6, 6.07) is 13.6. The molecule has 9 nitrogen and oxygen atoms in total. The zero-order chi connectivity index (χ0) is 26.6. The van der Waals surface area contributed by atoms with Crippen LogP contribution in [0.3, 0.4) is 0 Å². The van der Waals surface area contributed by atoms with E-state index in [2.05, 4.69) is 4.98 Å². The summed E-state index contributed by atoms with van der Waals surface area (Å²) in [7, 11) is -1.24. The number of hydrogen-bond acceptors (Lipinski definition) is 6. The third kappa shape index (κ3) is 6.31. The molecule has 1 atom stereocenters. The van der Waals surface area contributed by atoms with Crippen LogP contribution in [0.5, 0.6) is 5.75 Å². The van der Waals surface area contributed by atoms with Gasteiger partial charge in [0.25, 0.3) is 10.2 Å². The molecule has 194 valence electrons. The second-order valence-corrected chi connectivity index (χ2v) is 11.3. The second-order valence-electron chi connectivity index (χ2n) is 9.19. The van der Waals surface area contributed by atoms with Crippen LogP contribution in [0.1, 0.15) is 36.4 Å². The van der Waals surface area contributed by atoms with E-state index in [1.807, 2.05) is 38.1 Å². The number of carboxylic acid groups (broad SMARTS) is 1. The molecule has 0 saturated heterocycles. The van der Waals surface area contributed by atoms with Gasteiger partial charge in [0.15, 0.2) is 0 Å². The lowest BCUT2D eigenvalue weighted by atomic mass is 10.0. The second kappa shape index (κ2) is 11.2. The number of hydrogen-bond donors (Lipinski definition) is 1. The van der Waals surface area contributed by atoms with E-state index >= 15 is 0 Å². The van der Waals surface area contributed by atoms with Crippen molar-refractivity contribution in [2.75, 3.05) is 14.1 Å². The highest BCUT2D eigenvalue weighted by Crippen LogP contribution is 2.25. The molecule has 0 spiro atoms. The van der Waals surface area contributed by atoms with Crippen molar-refractivity contribution >= 4 is 16.2 Å². The molecule has 0 aliphatic rings. The van der Waals surface area contributed by atoms with Crippen molar-refractivity contribution in [3.8, 4) is 17.2 Å². The van der Waals surface area contributed by atoms with E-state index in [9.17, 15) is 18.3 Å². The molecule has 1 aromatic heterocycles. The van der Waals surface area contributed by atoms with Gasteiger partial charge in [0.2, 0.25) is 5.89 Å². The van der Waals surface area contributed by atoms with Crippen molar-refractivity contribution in [1.82, 2.24) is 13.6 Å². The van der Waals surface area contributed by atoms with Gasteiger partial charge in [0.05, 0.1) is 0 Å². The Kier molecular flexibility index (Phi) is 8.55. The van der Waals surface area contributed by atoms with Gasteiger partial charge in [-0.05, 0) is 49.6 Å². The summed E-state index contributed by atoms with van der Waals surface area (Å²) in [5, 5.41) is 9.76. The lowest BCUT2D eigenvalue weighted by Crippen LogP contribution is -2.51. The van der Waals surface area contributed by atoms with E-state index in [0.717, 1.165) is 19.7 Å². The first-order chi connectivity index (χ1) is 16.9. The number of oxazole rings is 1. The van der Waals surface area contributed by atoms with Crippen LogP contribution in [-0.2, 0) is 28.2 Å². The molecule has 0 amide bonds. The Morgan fingerprint density at radius 1 is 1.11 bits per heavy atom. The van der Waals surface area contributed by atoms with Crippen LogP contribution in [0, 0.1) is 19.8 Å². The van der Waals surface area contributed by atoms with Crippen molar-refractivity contribution < 1.29 is 27.5 Å². The number of nitrogens with zero attached hydrogens (tertiary/aromatic N) is 3. The van der Waals surface area contributed by atoms with Gasteiger partial charge >= 0.3 is 5.97 Å². The van der Waals surface area contributed by atoms with Crippen molar-refractivity contribution in [2.45, 2.75) is 46.9 Å². The monoisotopic (exact) mass is 515 g/mol. The Hall–Kier alpha value is -3.21.